The molecule has 2 saturated heterocycles. The van der Waals surface area contributed by atoms with Crippen LogP contribution in [0.2, 0.25) is 0 Å². The van der Waals surface area contributed by atoms with Crippen LogP contribution in [0.3, 0.4) is 0 Å². The van der Waals surface area contributed by atoms with Gasteiger partial charge in [-0.15, -0.1) is 5.10 Å². The molecule has 4 rings (SSSR count). The number of aromatic nitrogens is 4. The Bertz CT molecular complexity index is 611. The third-order valence-electron chi connectivity index (χ3n) is 4.33. The Labute approximate surface area is 121 Å². The molecule has 0 aromatic carbocycles. The Balaban J connectivity index is 1.53. The van der Waals surface area contributed by atoms with Gasteiger partial charge in [0.15, 0.2) is 5.82 Å². The zero-order chi connectivity index (χ0) is 14.2. The number of pyridine rings is 1. The van der Waals surface area contributed by atoms with Crippen molar-refractivity contribution in [2.45, 2.75) is 18.9 Å². The highest BCUT2D eigenvalue weighted by atomic mass is 19.1. The summed E-state index contributed by atoms with van der Waals surface area (Å²) in [6, 6.07) is 3.52. The van der Waals surface area contributed by atoms with Crippen LogP contribution in [0, 0.1) is 11.7 Å². The van der Waals surface area contributed by atoms with Crippen LogP contribution in [0.4, 0.5) is 10.3 Å². The Morgan fingerprint density at radius 3 is 3.05 bits per heavy atom. The van der Waals surface area contributed by atoms with E-state index in [9.17, 15) is 4.39 Å². The third kappa shape index (κ3) is 2.37. The van der Waals surface area contributed by atoms with Crippen LogP contribution in [-0.4, -0.2) is 45.8 Å². The number of nitrogens with one attached hydrogen (secondary N) is 2. The third-order valence-corrected chi connectivity index (χ3v) is 4.33. The minimum Gasteiger partial charge on any atom is -0.338 e. The first-order chi connectivity index (χ1) is 10.3. The van der Waals surface area contributed by atoms with E-state index >= 15 is 0 Å². The highest BCUT2D eigenvalue weighted by Gasteiger charge is 2.35. The van der Waals surface area contributed by atoms with Gasteiger partial charge in [0.25, 0.3) is 0 Å². The van der Waals surface area contributed by atoms with E-state index in [2.05, 4.69) is 30.4 Å². The normalized spacial score (nSPS) is 25.1. The first-order valence-electron chi connectivity index (χ1n) is 7.32. The largest absolute Gasteiger partial charge is 0.338 e. The maximum Gasteiger partial charge on any atom is 0.245 e. The number of fused-ring (bicyclic) bond motifs is 1. The Morgan fingerprint density at radius 2 is 2.24 bits per heavy atom. The van der Waals surface area contributed by atoms with Crippen molar-refractivity contribution in [1.82, 2.24) is 25.5 Å². The maximum absolute atomic E-state index is 12.9. The SMILES string of the molecule is Fc1ccc(-c2nc(N3CC4CCCNC4C3)n[nH]2)nc1. The molecule has 7 heteroatoms. The minimum absolute atomic E-state index is 0.354. The van der Waals surface area contributed by atoms with Crippen LogP contribution in [-0.2, 0) is 0 Å². The van der Waals surface area contributed by atoms with E-state index in [4.69, 9.17) is 0 Å². The Hall–Kier alpha value is -2.02. The molecule has 0 amide bonds. The van der Waals surface area contributed by atoms with Gasteiger partial charge in [-0.1, -0.05) is 0 Å². The lowest BCUT2D eigenvalue weighted by Gasteiger charge is -2.24. The molecule has 2 aromatic heterocycles. The minimum atomic E-state index is -0.354. The number of hydrogen-bond donors (Lipinski definition) is 2. The number of hydrogen-bond acceptors (Lipinski definition) is 5. The second-order valence-corrected chi connectivity index (χ2v) is 5.71. The Morgan fingerprint density at radius 1 is 1.29 bits per heavy atom. The molecule has 0 aliphatic carbocycles. The summed E-state index contributed by atoms with van der Waals surface area (Å²) in [5.74, 6) is 1.61. The lowest BCUT2D eigenvalue weighted by atomic mass is 9.94. The fourth-order valence-electron chi connectivity index (χ4n) is 3.23. The number of anilines is 1. The first-order valence-corrected chi connectivity index (χ1v) is 7.32. The smallest absolute Gasteiger partial charge is 0.245 e. The average Bonchev–Trinajstić information content (AvgIpc) is 3.14. The van der Waals surface area contributed by atoms with Gasteiger partial charge in [0.2, 0.25) is 5.95 Å². The maximum atomic E-state index is 12.9. The summed E-state index contributed by atoms with van der Waals surface area (Å²) in [6.07, 6.45) is 3.70. The van der Waals surface area contributed by atoms with Crippen molar-refractivity contribution < 1.29 is 4.39 Å². The molecule has 0 bridgehead atoms. The second-order valence-electron chi connectivity index (χ2n) is 5.71. The highest BCUT2D eigenvalue weighted by Crippen LogP contribution is 2.27. The Kier molecular flexibility index (Phi) is 3.07. The lowest BCUT2D eigenvalue weighted by Crippen LogP contribution is -2.40. The molecule has 2 unspecified atom stereocenters. The summed E-state index contributed by atoms with van der Waals surface area (Å²) >= 11 is 0. The molecule has 2 aliphatic rings. The summed E-state index contributed by atoms with van der Waals surface area (Å²) in [7, 11) is 0. The molecular weight excluding hydrogens is 271 g/mol. The van der Waals surface area contributed by atoms with E-state index < -0.39 is 0 Å². The van der Waals surface area contributed by atoms with Gasteiger partial charge in [-0.05, 0) is 37.4 Å². The van der Waals surface area contributed by atoms with Crippen molar-refractivity contribution in [3.63, 3.8) is 0 Å². The van der Waals surface area contributed by atoms with E-state index in [0.717, 1.165) is 19.6 Å². The van der Waals surface area contributed by atoms with E-state index in [1.165, 1.54) is 25.1 Å². The van der Waals surface area contributed by atoms with Gasteiger partial charge < -0.3 is 10.2 Å². The van der Waals surface area contributed by atoms with Crippen molar-refractivity contribution in [3.05, 3.63) is 24.1 Å². The fraction of sp³-hybridized carbons (Fsp3) is 0.500. The monoisotopic (exact) mass is 288 g/mol. The molecular formula is C14H17FN6. The van der Waals surface area contributed by atoms with Gasteiger partial charge in [-0.2, -0.15) is 4.98 Å². The average molecular weight is 288 g/mol. The molecule has 2 N–H and O–H groups in total. The molecule has 110 valence electrons. The van der Waals surface area contributed by atoms with Crippen molar-refractivity contribution >= 4 is 5.95 Å². The van der Waals surface area contributed by atoms with E-state index in [-0.39, 0.29) is 5.82 Å². The summed E-state index contributed by atoms with van der Waals surface area (Å²) in [6.45, 7) is 3.04. The number of H-pyrrole nitrogens is 1. The van der Waals surface area contributed by atoms with Crippen molar-refractivity contribution in [1.29, 1.82) is 0 Å². The van der Waals surface area contributed by atoms with Crippen LogP contribution in [0.5, 0.6) is 0 Å². The van der Waals surface area contributed by atoms with E-state index in [1.54, 1.807) is 6.07 Å². The number of piperidine rings is 1. The van der Waals surface area contributed by atoms with E-state index in [1.807, 2.05) is 0 Å². The summed E-state index contributed by atoms with van der Waals surface area (Å²) in [4.78, 5) is 10.7. The molecule has 0 saturated carbocycles. The van der Waals surface area contributed by atoms with Gasteiger partial charge in [0.05, 0.1) is 6.20 Å². The number of aromatic amines is 1. The molecule has 2 aromatic rings. The molecule has 0 radical (unpaired) electrons. The molecule has 6 nitrogen and oxygen atoms in total. The zero-order valence-electron chi connectivity index (χ0n) is 11.6. The van der Waals surface area contributed by atoms with Crippen molar-refractivity contribution in [2.75, 3.05) is 24.5 Å². The van der Waals surface area contributed by atoms with Crippen LogP contribution in [0.15, 0.2) is 18.3 Å². The molecule has 0 spiro atoms. The van der Waals surface area contributed by atoms with Crippen molar-refractivity contribution in [3.8, 4) is 11.5 Å². The quantitative estimate of drug-likeness (QED) is 0.869. The van der Waals surface area contributed by atoms with Gasteiger partial charge >= 0.3 is 0 Å². The van der Waals surface area contributed by atoms with Crippen LogP contribution < -0.4 is 10.2 Å². The van der Waals surface area contributed by atoms with Gasteiger partial charge in [0.1, 0.15) is 11.5 Å². The molecule has 2 aliphatic heterocycles. The molecule has 2 atom stereocenters. The number of rotatable bonds is 2. The summed E-state index contributed by atoms with van der Waals surface area (Å²) < 4.78 is 12.9. The van der Waals surface area contributed by atoms with E-state index in [0.29, 0.717) is 29.4 Å². The number of halogens is 1. The highest BCUT2D eigenvalue weighted by molar-refractivity contribution is 5.51. The topological polar surface area (TPSA) is 69.7 Å². The second kappa shape index (κ2) is 5.07. The lowest BCUT2D eigenvalue weighted by molar-refractivity contribution is 0.340. The predicted molar refractivity (Wildman–Crippen MR) is 76.3 cm³/mol. The first kappa shape index (κ1) is 12.7. The van der Waals surface area contributed by atoms with Crippen LogP contribution in [0.25, 0.3) is 11.5 Å². The predicted octanol–water partition coefficient (Wildman–Crippen LogP) is 1.19. The molecule has 4 heterocycles. The van der Waals surface area contributed by atoms with Gasteiger partial charge in [-0.25, -0.2) is 9.37 Å². The summed E-state index contributed by atoms with van der Waals surface area (Å²) in [5.41, 5.74) is 0.602. The standard InChI is InChI=1S/C14H17FN6/c15-10-3-4-11(17-6-10)13-18-14(20-19-13)21-7-9-2-1-5-16-12(9)8-21/h3-4,6,9,12,16H,1-2,5,7-8H2,(H,18,19,20). The molecule has 21 heavy (non-hydrogen) atoms. The number of nitrogens with zero attached hydrogens (tertiary/aromatic N) is 4. The zero-order valence-corrected chi connectivity index (χ0v) is 11.6. The van der Waals surface area contributed by atoms with Gasteiger partial charge in [-0.3, -0.25) is 5.10 Å². The fourth-order valence-corrected chi connectivity index (χ4v) is 3.23. The van der Waals surface area contributed by atoms with Gasteiger partial charge in [0, 0.05) is 19.1 Å². The molecule has 2 fully saturated rings. The summed E-state index contributed by atoms with van der Waals surface area (Å²) in [5, 5.41) is 10.7. The van der Waals surface area contributed by atoms with Crippen molar-refractivity contribution in [2.24, 2.45) is 5.92 Å². The van der Waals surface area contributed by atoms with Crippen LogP contribution in [0.1, 0.15) is 12.8 Å². The van der Waals surface area contributed by atoms with Crippen LogP contribution >= 0.6 is 0 Å².